The van der Waals surface area contributed by atoms with Crippen LogP contribution in [-0.2, 0) is 16.0 Å². The molecule has 2 aromatic heterocycles. The topological polar surface area (TPSA) is 88.8 Å². The lowest BCUT2D eigenvalue weighted by molar-refractivity contribution is -0.142. The number of rotatable bonds is 7. The van der Waals surface area contributed by atoms with Crippen LogP contribution in [0, 0.1) is 5.92 Å². The summed E-state index contributed by atoms with van der Waals surface area (Å²) in [6, 6.07) is 4.20. The summed E-state index contributed by atoms with van der Waals surface area (Å²) in [5, 5.41) is 16.8. The number of imidazole rings is 1. The minimum Gasteiger partial charge on any atom is -0.466 e. The monoisotopic (exact) mass is 318 g/mol. The third-order valence-corrected chi connectivity index (χ3v) is 4.13. The van der Waals surface area contributed by atoms with Crippen molar-refractivity contribution >= 4 is 17.4 Å². The Bertz CT molecular complexity index is 679. The summed E-state index contributed by atoms with van der Waals surface area (Å²) in [6.45, 7) is 2.42. The van der Waals surface area contributed by atoms with E-state index < -0.39 is 0 Å². The molecule has 0 bridgehead atoms. The fraction of sp³-hybridized carbons (Fsp3) is 0.562. The molecule has 1 saturated carbocycles. The van der Waals surface area contributed by atoms with Crippen molar-refractivity contribution in [3.63, 3.8) is 0 Å². The van der Waals surface area contributed by atoms with Gasteiger partial charge in [-0.2, -0.15) is 0 Å². The van der Waals surface area contributed by atoms with Crippen LogP contribution in [0.25, 0.3) is 5.65 Å². The second-order valence-electron chi connectivity index (χ2n) is 5.93. The summed E-state index contributed by atoms with van der Waals surface area (Å²) in [6.07, 6.45) is 4.93. The third kappa shape index (κ3) is 3.79. The largest absolute Gasteiger partial charge is 0.466 e. The SMILES string of the molecule is CCOC(=O)Cc1cn2nc(NC3CC(CCO)C3)ccc2n1. The van der Waals surface area contributed by atoms with Crippen molar-refractivity contribution in [2.75, 3.05) is 18.5 Å². The van der Waals surface area contributed by atoms with Gasteiger partial charge in [-0.25, -0.2) is 9.50 Å². The van der Waals surface area contributed by atoms with E-state index in [9.17, 15) is 4.79 Å². The van der Waals surface area contributed by atoms with Gasteiger partial charge in [0.1, 0.15) is 5.82 Å². The molecule has 1 aliphatic rings. The zero-order chi connectivity index (χ0) is 16.2. The number of carbonyl (C=O) groups is 1. The highest BCUT2D eigenvalue weighted by molar-refractivity contribution is 5.72. The second kappa shape index (κ2) is 6.95. The fourth-order valence-corrected chi connectivity index (χ4v) is 2.93. The molecule has 3 rings (SSSR count). The zero-order valence-corrected chi connectivity index (χ0v) is 13.2. The van der Waals surface area contributed by atoms with E-state index in [-0.39, 0.29) is 19.0 Å². The first-order valence-electron chi connectivity index (χ1n) is 8.06. The highest BCUT2D eigenvalue weighted by atomic mass is 16.5. The normalized spacial score (nSPS) is 20.3. The Labute approximate surface area is 134 Å². The highest BCUT2D eigenvalue weighted by Gasteiger charge is 2.28. The Morgan fingerprint density at radius 1 is 1.48 bits per heavy atom. The van der Waals surface area contributed by atoms with Crippen LogP contribution in [0.4, 0.5) is 5.82 Å². The molecule has 0 saturated heterocycles. The summed E-state index contributed by atoms with van der Waals surface area (Å²) >= 11 is 0. The summed E-state index contributed by atoms with van der Waals surface area (Å²) in [7, 11) is 0. The predicted octanol–water partition coefficient (Wildman–Crippen LogP) is 1.41. The van der Waals surface area contributed by atoms with Gasteiger partial charge in [0.15, 0.2) is 5.65 Å². The summed E-state index contributed by atoms with van der Waals surface area (Å²) in [4.78, 5) is 15.9. The number of aromatic nitrogens is 3. The number of aliphatic hydroxyl groups excluding tert-OH is 1. The average molecular weight is 318 g/mol. The lowest BCUT2D eigenvalue weighted by Crippen LogP contribution is -2.36. The van der Waals surface area contributed by atoms with Crippen LogP contribution in [0.5, 0.6) is 0 Å². The van der Waals surface area contributed by atoms with Crippen LogP contribution in [0.15, 0.2) is 18.3 Å². The third-order valence-electron chi connectivity index (χ3n) is 4.13. The molecule has 0 radical (unpaired) electrons. The van der Waals surface area contributed by atoms with Crippen LogP contribution in [0.2, 0.25) is 0 Å². The molecule has 0 aromatic carbocycles. The number of nitrogens with one attached hydrogen (secondary N) is 1. The van der Waals surface area contributed by atoms with E-state index in [2.05, 4.69) is 15.4 Å². The number of fused-ring (bicyclic) bond motifs is 1. The molecule has 7 heteroatoms. The van der Waals surface area contributed by atoms with Crippen molar-refractivity contribution in [1.82, 2.24) is 14.6 Å². The molecule has 2 aromatic rings. The first-order chi connectivity index (χ1) is 11.2. The maximum absolute atomic E-state index is 11.5. The first kappa shape index (κ1) is 15.7. The molecule has 7 nitrogen and oxygen atoms in total. The van der Waals surface area contributed by atoms with Crippen molar-refractivity contribution in [3.05, 3.63) is 24.0 Å². The molecule has 23 heavy (non-hydrogen) atoms. The maximum atomic E-state index is 11.5. The molecule has 0 atom stereocenters. The van der Waals surface area contributed by atoms with Crippen LogP contribution in [0.3, 0.4) is 0 Å². The van der Waals surface area contributed by atoms with Crippen molar-refractivity contribution < 1.29 is 14.6 Å². The summed E-state index contributed by atoms with van der Waals surface area (Å²) in [5.74, 6) is 1.13. The average Bonchev–Trinajstić information content (AvgIpc) is 2.86. The molecule has 0 spiro atoms. The Kier molecular flexibility index (Phi) is 4.76. The number of hydrogen-bond donors (Lipinski definition) is 2. The van der Waals surface area contributed by atoms with Gasteiger partial charge in [-0.3, -0.25) is 4.79 Å². The molecule has 1 fully saturated rings. The van der Waals surface area contributed by atoms with Gasteiger partial charge >= 0.3 is 5.97 Å². The van der Waals surface area contributed by atoms with Gasteiger partial charge in [-0.05, 0) is 44.2 Å². The number of hydrogen-bond acceptors (Lipinski definition) is 6. The van der Waals surface area contributed by atoms with E-state index in [1.807, 2.05) is 12.1 Å². The molecular formula is C16H22N4O3. The Morgan fingerprint density at radius 3 is 3.04 bits per heavy atom. The number of carbonyl (C=O) groups excluding carboxylic acids is 1. The molecular weight excluding hydrogens is 296 g/mol. The van der Waals surface area contributed by atoms with Gasteiger partial charge in [0.25, 0.3) is 0 Å². The van der Waals surface area contributed by atoms with Gasteiger partial charge in [0.05, 0.1) is 24.9 Å². The number of aliphatic hydroxyl groups is 1. The van der Waals surface area contributed by atoms with Gasteiger partial charge in [0, 0.05) is 12.6 Å². The number of esters is 1. The minimum atomic E-state index is -0.279. The van der Waals surface area contributed by atoms with Crippen LogP contribution in [-0.4, -0.2) is 44.9 Å². The maximum Gasteiger partial charge on any atom is 0.311 e. The van der Waals surface area contributed by atoms with Gasteiger partial charge in [-0.15, -0.1) is 5.10 Å². The van der Waals surface area contributed by atoms with Crippen LogP contribution < -0.4 is 5.32 Å². The van der Waals surface area contributed by atoms with Crippen molar-refractivity contribution in [2.24, 2.45) is 5.92 Å². The lowest BCUT2D eigenvalue weighted by atomic mass is 9.78. The van der Waals surface area contributed by atoms with Gasteiger partial charge in [-0.1, -0.05) is 0 Å². The van der Waals surface area contributed by atoms with Crippen LogP contribution in [0.1, 0.15) is 31.9 Å². The van der Waals surface area contributed by atoms with E-state index in [1.165, 1.54) is 0 Å². The second-order valence-corrected chi connectivity index (χ2v) is 5.93. The summed E-state index contributed by atoms with van der Waals surface area (Å²) in [5.41, 5.74) is 1.36. The molecule has 0 aliphatic heterocycles. The van der Waals surface area contributed by atoms with Crippen LogP contribution >= 0.6 is 0 Å². The fourth-order valence-electron chi connectivity index (χ4n) is 2.93. The zero-order valence-electron chi connectivity index (χ0n) is 13.2. The minimum absolute atomic E-state index is 0.158. The molecule has 0 amide bonds. The van der Waals surface area contributed by atoms with Gasteiger partial charge in [0.2, 0.25) is 0 Å². The number of ether oxygens (including phenoxy) is 1. The molecule has 0 unspecified atom stereocenters. The van der Waals surface area contributed by atoms with E-state index in [0.717, 1.165) is 25.1 Å². The number of anilines is 1. The molecule has 1 aliphatic carbocycles. The quantitative estimate of drug-likeness (QED) is 0.750. The van der Waals surface area contributed by atoms with E-state index in [1.54, 1.807) is 17.6 Å². The van der Waals surface area contributed by atoms with Crippen molar-refractivity contribution in [3.8, 4) is 0 Å². The molecule has 124 valence electrons. The standard InChI is InChI=1S/C16H22N4O3/c1-2-23-16(22)9-13-10-20-15(18-13)4-3-14(19-20)17-12-7-11(8-12)5-6-21/h3-4,10-12,21H,2,5-9H2,1H3,(H,17,19). The predicted molar refractivity (Wildman–Crippen MR) is 85.2 cm³/mol. The molecule has 2 N–H and O–H groups in total. The van der Waals surface area contributed by atoms with Gasteiger partial charge < -0.3 is 15.2 Å². The van der Waals surface area contributed by atoms with E-state index in [0.29, 0.717) is 29.9 Å². The van der Waals surface area contributed by atoms with Crippen molar-refractivity contribution in [2.45, 2.75) is 38.6 Å². The van der Waals surface area contributed by atoms with E-state index in [4.69, 9.17) is 9.84 Å². The lowest BCUT2D eigenvalue weighted by Gasteiger charge is -2.35. The Balaban J connectivity index is 1.62. The molecule has 2 heterocycles. The van der Waals surface area contributed by atoms with Crippen molar-refractivity contribution in [1.29, 1.82) is 0 Å². The smallest absolute Gasteiger partial charge is 0.311 e. The number of nitrogens with zero attached hydrogens (tertiary/aromatic N) is 3. The summed E-state index contributed by atoms with van der Waals surface area (Å²) < 4.78 is 6.61. The first-order valence-corrected chi connectivity index (χ1v) is 8.06. The van der Waals surface area contributed by atoms with E-state index >= 15 is 0 Å². The highest BCUT2D eigenvalue weighted by Crippen LogP contribution is 2.32. The Morgan fingerprint density at radius 2 is 2.30 bits per heavy atom. The Hall–Kier alpha value is -2.15.